The number of benzene rings is 1. The first kappa shape index (κ1) is 15.7. The Balaban J connectivity index is 2.00. The maximum Gasteiger partial charge on any atom is 0.255 e. The molecule has 1 heterocycles. The molecule has 0 radical (unpaired) electrons. The van der Waals surface area contributed by atoms with Crippen molar-refractivity contribution in [2.24, 2.45) is 5.92 Å². The molecule has 114 valence electrons. The monoisotopic (exact) mass is 291 g/mol. The van der Waals surface area contributed by atoms with Crippen LogP contribution in [0.5, 0.6) is 0 Å². The normalized spacial score (nSPS) is 17.4. The summed E-state index contributed by atoms with van der Waals surface area (Å²) >= 11 is 0. The highest BCUT2D eigenvalue weighted by molar-refractivity contribution is 5.98. The quantitative estimate of drug-likeness (QED) is 0.831. The Kier molecular flexibility index (Phi) is 5.09. The van der Waals surface area contributed by atoms with Gasteiger partial charge < -0.3 is 9.84 Å². The molecule has 2 amide bonds. The van der Waals surface area contributed by atoms with Crippen LogP contribution in [-0.4, -0.2) is 41.6 Å². The second-order valence-corrected chi connectivity index (χ2v) is 5.75. The summed E-state index contributed by atoms with van der Waals surface area (Å²) in [5.74, 6) is -0.229. The summed E-state index contributed by atoms with van der Waals surface area (Å²) < 4.78 is 4.84. The summed E-state index contributed by atoms with van der Waals surface area (Å²) in [6.45, 7) is 4.07. The van der Waals surface area contributed by atoms with Crippen LogP contribution in [0.25, 0.3) is 0 Å². The third kappa shape index (κ3) is 4.12. The maximum atomic E-state index is 11.6. The topological polar surface area (TPSA) is 66.8 Å². The van der Waals surface area contributed by atoms with Gasteiger partial charge in [0.15, 0.2) is 0 Å². The Morgan fingerprint density at radius 3 is 2.24 bits per heavy atom. The van der Waals surface area contributed by atoms with E-state index in [1.54, 1.807) is 0 Å². The van der Waals surface area contributed by atoms with Crippen LogP contribution in [-0.2, 0) is 20.7 Å². The molecule has 1 unspecified atom stereocenters. The van der Waals surface area contributed by atoms with Gasteiger partial charge in [0.2, 0.25) is 0 Å². The fourth-order valence-corrected chi connectivity index (χ4v) is 2.35. The van der Waals surface area contributed by atoms with E-state index in [9.17, 15) is 14.7 Å². The van der Waals surface area contributed by atoms with E-state index in [1.807, 2.05) is 24.3 Å². The maximum absolute atomic E-state index is 11.6. The van der Waals surface area contributed by atoms with Gasteiger partial charge in [0.25, 0.3) is 11.8 Å². The Bertz CT molecular complexity index is 494. The molecule has 0 saturated carbocycles. The molecular weight excluding hydrogens is 270 g/mol. The first-order chi connectivity index (χ1) is 9.97. The fraction of sp³-hybridized carbons (Fsp3) is 0.500. The Hall–Kier alpha value is -1.72. The van der Waals surface area contributed by atoms with Gasteiger partial charge in [0.1, 0.15) is 13.2 Å². The molecule has 1 fully saturated rings. The number of nitrogens with zero attached hydrogens (tertiary/aromatic N) is 1. The molecule has 1 aromatic carbocycles. The number of amides is 2. The second-order valence-electron chi connectivity index (χ2n) is 5.75. The predicted octanol–water partition coefficient (Wildman–Crippen LogP) is 1.30. The second kappa shape index (κ2) is 6.83. The summed E-state index contributed by atoms with van der Waals surface area (Å²) in [5, 5.41) is 10.2. The van der Waals surface area contributed by atoms with E-state index in [-0.39, 0.29) is 19.8 Å². The van der Waals surface area contributed by atoms with Crippen molar-refractivity contribution in [1.29, 1.82) is 0 Å². The third-order valence-electron chi connectivity index (χ3n) is 3.42. The molecule has 0 aromatic heterocycles. The van der Waals surface area contributed by atoms with Gasteiger partial charge in [0, 0.05) is 0 Å². The average molecular weight is 291 g/mol. The molecular formula is C16H21NO4. The Labute approximate surface area is 124 Å². The number of morpholine rings is 1. The summed E-state index contributed by atoms with van der Waals surface area (Å²) in [6, 6.07) is 7.64. The Morgan fingerprint density at radius 2 is 1.71 bits per heavy atom. The molecule has 1 N–H and O–H groups in total. The number of aliphatic hydroxyl groups is 1. The van der Waals surface area contributed by atoms with E-state index in [4.69, 9.17) is 4.74 Å². The fourth-order valence-electron chi connectivity index (χ4n) is 2.35. The zero-order chi connectivity index (χ0) is 15.4. The van der Waals surface area contributed by atoms with Crippen molar-refractivity contribution in [3.05, 3.63) is 35.4 Å². The van der Waals surface area contributed by atoms with E-state index in [0.717, 1.165) is 11.3 Å². The molecule has 1 aliphatic heterocycles. The van der Waals surface area contributed by atoms with Crippen LogP contribution < -0.4 is 0 Å². The zero-order valence-electron chi connectivity index (χ0n) is 12.4. The molecule has 0 spiro atoms. The van der Waals surface area contributed by atoms with Gasteiger partial charge in [-0.3, -0.25) is 14.5 Å². The van der Waals surface area contributed by atoms with Crippen molar-refractivity contribution < 1.29 is 19.4 Å². The van der Waals surface area contributed by atoms with Crippen molar-refractivity contribution >= 4 is 11.8 Å². The van der Waals surface area contributed by atoms with Gasteiger partial charge >= 0.3 is 0 Å². The highest BCUT2D eigenvalue weighted by Crippen LogP contribution is 2.18. The molecule has 1 atom stereocenters. The predicted molar refractivity (Wildman–Crippen MR) is 77.5 cm³/mol. The number of imide groups is 1. The average Bonchev–Trinajstić information content (AvgIpc) is 2.43. The summed E-state index contributed by atoms with van der Waals surface area (Å²) in [6.07, 6.45) is 0.112. The lowest BCUT2D eigenvalue weighted by Gasteiger charge is -2.27. The van der Waals surface area contributed by atoms with Gasteiger partial charge in [-0.05, 0) is 23.5 Å². The lowest BCUT2D eigenvalue weighted by molar-refractivity contribution is -0.160. The van der Waals surface area contributed by atoms with E-state index < -0.39 is 17.9 Å². The molecule has 5 heteroatoms. The van der Waals surface area contributed by atoms with Crippen LogP contribution >= 0.6 is 0 Å². The smallest absolute Gasteiger partial charge is 0.255 e. The van der Waals surface area contributed by atoms with Crippen LogP contribution in [0.15, 0.2) is 24.3 Å². The number of rotatable bonds is 5. The van der Waals surface area contributed by atoms with Crippen LogP contribution in [0.4, 0.5) is 0 Å². The third-order valence-corrected chi connectivity index (χ3v) is 3.42. The molecule has 0 bridgehead atoms. The molecule has 2 rings (SSSR count). The lowest BCUT2D eigenvalue weighted by atomic mass is 10.00. The van der Waals surface area contributed by atoms with Crippen LogP contribution in [0.3, 0.4) is 0 Å². The van der Waals surface area contributed by atoms with Crippen molar-refractivity contribution in [3.63, 3.8) is 0 Å². The highest BCUT2D eigenvalue weighted by atomic mass is 16.5. The van der Waals surface area contributed by atoms with Crippen LogP contribution in [0, 0.1) is 5.92 Å². The standard InChI is InChI=1S/C16H21NO4/c1-11(2)7-12-3-5-13(6-4-12)14(18)8-17-15(19)9-21-10-16(17)20/h3-6,11,14,18H,7-10H2,1-2H3. The lowest BCUT2D eigenvalue weighted by Crippen LogP contribution is -2.47. The molecule has 1 aromatic rings. The SMILES string of the molecule is CC(C)Cc1ccc(C(O)CN2C(=O)COCC2=O)cc1. The van der Waals surface area contributed by atoms with Gasteiger partial charge in [-0.25, -0.2) is 0 Å². The minimum Gasteiger partial charge on any atom is -0.387 e. The van der Waals surface area contributed by atoms with Crippen LogP contribution in [0.1, 0.15) is 31.1 Å². The number of aliphatic hydroxyl groups excluding tert-OH is 1. The Morgan fingerprint density at radius 1 is 1.14 bits per heavy atom. The van der Waals surface area contributed by atoms with Crippen molar-refractivity contribution in [1.82, 2.24) is 4.90 Å². The minimum atomic E-state index is -0.871. The molecule has 0 aliphatic carbocycles. The number of carbonyl (C=O) groups is 2. The summed E-state index contributed by atoms with van der Waals surface area (Å²) in [4.78, 5) is 24.3. The van der Waals surface area contributed by atoms with E-state index in [2.05, 4.69) is 13.8 Å². The minimum absolute atomic E-state index is 0.0233. The number of hydrogen-bond acceptors (Lipinski definition) is 4. The molecule has 1 aliphatic rings. The van der Waals surface area contributed by atoms with Crippen molar-refractivity contribution in [2.75, 3.05) is 19.8 Å². The number of carbonyl (C=O) groups excluding carboxylic acids is 2. The van der Waals surface area contributed by atoms with Crippen LogP contribution in [0.2, 0.25) is 0 Å². The van der Waals surface area contributed by atoms with E-state index in [0.29, 0.717) is 11.5 Å². The van der Waals surface area contributed by atoms with Gasteiger partial charge in [-0.2, -0.15) is 0 Å². The van der Waals surface area contributed by atoms with Gasteiger partial charge in [-0.1, -0.05) is 38.1 Å². The van der Waals surface area contributed by atoms with Gasteiger partial charge in [-0.15, -0.1) is 0 Å². The van der Waals surface area contributed by atoms with E-state index in [1.165, 1.54) is 5.56 Å². The zero-order valence-corrected chi connectivity index (χ0v) is 12.4. The molecule has 5 nitrogen and oxygen atoms in total. The first-order valence-electron chi connectivity index (χ1n) is 7.15. The van der Waals surface area contributed by atoms with E-state index >= 15 is 0 Å². The van der Waals surface area contributed by atoms with Crippen molar-refractivity contribution in [2.45, 2.75) is 26.4 Å². The first-order valence-corrected chi connectivity index (χ1v) is 7.15. The number of β-amino-alcohol motifs (C(OH)–C–C–N with tert-alkyl or cyclic N) is 1. The summed E-state index contributed by atoms with van der Waals surface area (Å²) in [5.41, 5.74) is 1.91. The van der Waals surface area contributed by atoms with Crippen molar-refractivity contribution in [3.8, 4) is 0 Å². The molecule has 1 saturated heterocycles. The summed E-state index contributed by atoms with van der Waals surface area (Å²) in [7, 11) is 0. The highest BCUT2D eigenvalue weighted by Gasteiger charge is 2.28. The number of ether oxygens (including phenoxy) is 1. The van der Waals surface area contributed by atoms with Gasteiger partial charge in [0.05, 0.1) is 12.6 Å². The largest absolute Gasteiger partial charge is 0.387 e. The molecule has 21 heavy (non-hydrogen) atoms. The number of hydrogen-bond donors (Lipinski definition) is 1.